The summed E-state index contributed by atoms with van der Waals surface area (Å²) >= 11 is 12.1. The van der Waals surface area contributed by atoms with E-state index in [0.717, 1.165) is 32.7 Å². The fourth-order valence-electron chi connectivity index (χ4n) is 4.18. The molecule has 0 spiro atoms. The molecule has 1 amide bonds. The molecule has 1 N–H and O–H groups in total. The number of carbonyl (C=O) groups excluding carboxylic acids is 1. The molecule has 0 aromatic heterocycles. The zero-order valence-corrected chi connectivity index (χ0v) is 17.6. The molecule has 3 rings (SSSR count). The molecule has 0 saturated carbocycles. The van der Waals surface area contributed by atoms with E-state index < -0.39 is 0 Å². The quantitative estimate of drug-likeness (QED) is 0.767. The number of amides is 1. The number of benzene rings is 1. The Balaban J connectivity index is 1.48. The number of nitrogens with one attached hydrogen (secondary N) is 1. The highest BCUT2D eigenvalue weighted by Gasteiger charge is 2.30. The van der Waals surface area contributed by atoms with Crippen molar-refractivity contribution in [2.75, 3.05) is 38.0 Å². The van der Waals surface area contributed by atoms with Crippen LogP contribution < -0.4 is 5.32 Å². The van der Waals surface area contributed by atoms with Crippen molar-refractivity contribution < 1.29 is 9.53 Å². The van der Waals surface area contributed by atoms with Crippen LogP contribution in [0.4, 0.5) is 5.69 Å². The van der Waals surface area contributed by atoms with E-state index in [2.05, 4.69) is 29.0 Å². The lowest BCUT2D eigenvalue weighted by Crippen LogP contribution is -2.50. The van der Waals surface area contributed by atoms with Gasteiger partial charge in [0, 0.05) is 43.7 Å². The van der Waals surface area contributed by atoms with Crippen molar-refractivity contribution in [2.45, 2.75) is 51.4 Å². The number of halogens is 2. The Kier molecular flexibility index (Phi) is 7.40. The average Bonchev–Trinajstić information content (AvgIpc) is 3.02. The number of likely N-dealkylation sites (tertiary alicyclic amines) is 1. The Hall–Kier alpha value is -0.850. The van der Waals surface area contributed by atoms with E-state index in [0.29, 0.717) is 28.2 Å². The van der Waals surface area contributed by atoms with Gasteiger partial charge in [0.25, 0.3) is 0 Å². The van der Waals surface area contributed by atoms with Crippen LogP contribution in [0.5, 0.6) is 0 Å². The molecule has 2 aliphatic rings. The van der Waals surface area contributed by atoms with Gasteiger partial charge in [-0.15, -0.1) is 0 Å². The van der Waals surface area contributed by atoms with E-state index in [1.165, 1.54) is 12.8 Å². The fourth-order valence-corrected chi connectivity index (χ4v) is 4.52. The van der Waals surface area contributed by atoms with Crippen molar-refractivity contribution in [3.8, 4) is 0 Å². The molecule has 3 atom stereocenters. The van der Waals surface area contributed by atoms with Gasteiger partial charge in [-0.1, -0.05) is 23.2 Å². The highest BCUT2D eigenvalue weighted by Crippen LogP contribution is 2.26. The van der Waals surface area contributed by atoms with E-state index in [1.807, 2.05) is 0 Å². The van der Waals surface area contributed by atoms with Gasteiger partial charge in [-0.2, -0.15) is 0 Å². The van der Waals surface area contributed by atoms with Crippen LogP contribution in [-0.4, -0.2) is 66.7 Å². The predicted octanol–water partition coefficient (Wildman–Crippen LogP) is 3.90. The number of morpholine rings is 1. The lowest BCUT2D eigenvalue weighted by Gasteiger charge is -2.38. The summed E-state index contributed by atoms with van der Waals surface area (Å²) in [5.41, 5.74) is 0.573. The minimum absolute atomic E-state index is 0.0292. The monoisotopic (exact) mass is 413 g/mol. The average molecular weight is 414 g/mol. The maximum Gasteiger partial charge on any atom is 0.225 e. The highest BCUT2D eigenvalue weighted by molar-refractivity contribution is 6.35. The van der Waals surface area contributed by atoms with Crippen LogP contribution in [0.15, 0.2) is 18.2 Å². The smallest absolute Gasteiger partial charge is 0.225 e. The molecule has 1 aromatic rings. The lowest BCUT2D eigenvalue weighted by atomic mass is 10.1. The first-order valence-corrected chi connectivity index (χ1v) is 10.5. The number of hydrogen-bond donors (Lipinski definition) is 1. The van der Waals surface area contributed by atoms with Crippen LogP contribution in [0.1, 0.15) is 33.1 Å². The summed E-state index contributed by atoms with van der Waals surface area (Å²) < 4.78 is 5.83. The maximum atomic E-state index is 12.3. The molecule has 0 radical (unpaired) electrons. The van der Waals surface area contributed by atoms with Crippen molar-refractivity contribution in [1.82, 2.24) is 9.80 Å². The van der Waals surface area contributed by atoms with E-state index in [-0.39, 0.29) is 18.1 Å². The number of carbonyl (C=O) groups is 1. The van der Waals surface area contributed by atoms with Crippen LogP contribution in [-0.2, 0) is 9.53 Å². The molecular formula is C20H29Cl2N3O2. The van der Waals surface area contributed by atoms with E-state index in [4.69, 9.17) is 27.9 Å². The second-order valence-electron chi connectivity index (χ2n) is 7.73. The second kappa shape index (κ2) is 9.57. The van der Waals surface area contributed by atoms with E-state index >= 15 is 0 Å². The summed E-state index contributed by atoms with van der Waals surface area (Å²) in [6.07, 6.45) is 3.42. The highest BCUT2D eigenvalue weighted by atomic mass is 35.5. The molecule has 2 heterocycles. The number of anilines is 1. The summed E-state index contributed by atoms with van der Waals surface area (Å²) in [4.78, 5) is 17.3. The Morgan fingerprint density at radius 1 is 1.26 bits per heavy atom. The van der Waals surface area contributed by atoms with Gasteiger partial charge in [0.15, 0.2) is 0 Å². The normalized spacial score (nSPS) is 27.0. The van der Waals surface area contributed by atoms with Crippen molar-refractivity contribution >= 4 is 34.8 Å². The summed E-state index contributed by atoms with van der Waals surface area (Å²) in [6, 6.07) is 5.61. The van der Waals surface area contributed by atoms with Gasteiger partial charge >= 0.3 is 0 Å². The predicted molar refractivity (Wildman–Crippen MR) is 111 cm³/mol. The van der Waals surface area contributed by atoms with Crippen molar-refractivity contribution in [3.05, 3.63) is 28.2 Å². The lowest BCUT2D eigenvalue weighted by molar-refractivity contribution is -0.116. The third-order valence-corrected chi connectivity index (χ3v) is 5.86. The SMILES string of the molecule is CC1CN(CC2CCCN2CCC(=O)Nc2cc(Cl)ccc2Cl)CC(C)O1. The minimum Gasteiger partial charge on any atom is -0.373 e. The molecule has 0 aliphatic carbocycles. The van der Waals surface area contributed by atoms with E-state index in [1.54, 1.807) is 18.2 Å². The van der Waals surface area contributed by atoms with Gasteiger partial charge in [0.1, 0.15) is 0 Å². The molecule has 5 nitrogen and oxygen atoms in total. The summed E-state index contributed by atoms with van der Waals surface area (Å²) in [5, 5.41) is 3.93. The molecule has 2 aliphatic heterocycles. The first kappa shape index (κ1) is 20.9. The first-order chi connectivity index (χ1) is 12.9. The van der Waals surface area contributed by atoms with Gasteiger partial charge in [-0.25, -0.2) is 0 Å². The largest absolute Gasteiger partial charge is 0.373 e. The summed E-state index contributed by atoms with van der Waals surface area (Å²) in [7, 11) is 0. The topological polar surface area (TPSA) is 44.8 Å². The van der Waals surface area contributed by atoms with Crippen molar-refractivity contribution in [3.63, 3.8) is 0 Å². The van der Waals surface area contributed by atoms with Gasteiger partial charge in [0.2, 0.25) is 5.91 Å². The molecule has 27 heavy (non-hydrogen) atoms. The molecule has 0 bridgehead atoms. The zero-order chi connectivity index (χ0) is 19.4. The fraction of sp³-hybridized carbons (Fsp3) is 0.650. The molecule has 2 saturated heterocycles. The van der Waals surface area contributed by atoms with Crippen LogP contribution >= 0.6 is 23.2 Å². The standard InChI is InChI=1S/C20H29Cl2N3O2/c1-14-11-24(12-15(2)27-14)13-17-4-3-8-25(17)9-7-20(26)23-19-10-16(21)5-6-18(19)22/h5-6,10,14-15,17H,3-4,7-9,11-13H2,1-2H3,(H,23,26). The van der Waals surface area contributed by atoms with Gasteiger partial charge in [-0.3, -0.25) is 14.6 Å². The molecule has 7 heteroatoms. The van der Waals surface area contributed by atoms with Gasteiger partial charge < -0.3 is 10.1 Å². The van der Waals surface area contributed by atoms with Gasteiger partial charge in [0.05, 0.1) is 22.9 Å². The molecule has 150 valence electrons. The van der Waals surface area contributed by atoms with Gasteiger partial charge in [-0.05, 0) is 51.4 Å². The third-order valence-electron chi connectivity index (χ3n) is 5.29. The Bertz CT molecular complexity index is 648. The number of nitrogens with zero attached hydrogens (tertiary/aromatic N) is 2. The minimum atomic E-state index is -0.0292. The molecule has 2 fully saturated rings. The first-order valence-electron chi connectivity index (χ1n) is 9.77. The van der Waals surface area contributed by atoms with Crippen molar-refractivity contribution in [1.29, 1.82) is 0 Å². The summed E-state index contributed by atoms with van der Waals surface area (Å²) in [5.74, 6) is -0.0292. The zero-order valence-electron chi connectivity index (χ0n) is 16.1. The molecule has 1 aromatic carbocycles. The number of rotatable bonds is 6. The third kappa shape index (κ3) is 6.06. The Morgan fingerprint density at radius 2 is 2.00 bits per heavy atom. The molecule has 3 unspecified atom stereocenters. The second-order valence-corrected chi connectivity index (χ2v) is 8.57. The van der Waals surface area contributed by atoms with Crippen LogP contribution in [0.3, 0.4) is 0 Å². The molecular weight excluding hydrogens is 385 g/mol. The van der Waals surface area contributed by atoms with E-state index in [9.17, 15) is 4.79 Å². The number of ether oxygens (including phenoxy) is 1. The van der Waals surface area contributed by atoms with Crippen molar-refractivity contribution in [2.24, 2.45) is 0 Å². The van der Waals surface area contributed by atoms with Crippen LogP contribution in [0, 0.1) is 0 Å². The Labute approximate surface area is 171 Å². The van der Waals surface area contributed by atoms with Crippen LogP contribution in [0.2, 0.25) is 10.0 Å². The maximum absolute atomic E-state index is 12.3. The van der Waals surface area contributed by atoms with Crippen LogP contribution in [0.25, 0.3) is 0 Å². The summed E-state index contributed by atoms with van der Waals surface area (Å²) in [6.45, 7) is 9.14. The number of hydrogen-bond acceptors (Lipinski definition) is 4. The Morgan fingerprint density at radius 3 is 2.74 bits per heavy atom.